The molecule has 2 nitrogen and oxygen atoms in total. The molecule has 1 aromatic carbocycles. The van der Waals surface area contributed by atoms with Crippen molar-refractivity contribution in [3.05, 3.63) is 63.4 Å². The monoisotopic (exact) mass is 260 g/mol. The van der Waals surface area contributed by atoms with E-state index in [1.807, 2.05) is 12.1 Å². The third-order valence-electron chi connectivity index (χ3n) is 3.30. The number of nitrogens with zero attached hydrogens (tertiary/aromatic N) is 1. The Morgan fingerprint density at radius 2 is 1.78 bits per heavy atom. The van der Waals surface area contributed by atoms with Crippen LogP contribution in [0.4, 0.5) is 0 Å². The standard InChI is InChI=1S/C15H17ClN2/c1-9-7-11(3)12(8-10(9)2)14(17)15-13(16)5-4-6-18-15/h4-8,14H,17H2,1-3H3. The van der Waals surface area contributed by atoms with Crippen LogP contribution in [0.15, 0.2) is 30.5 Å². The first-order chi connectivity index (χ1) is 8.50. The predicted octanol–water partition coefficient (Wildman–Crippen LogP) is 3.71. The lowest BCUT2D eigenvalue weighted by atomic mass is 9.94. The number of hydrogen-bond donors (Lipinski definition) is 1. The molecule has 0 fully saturated rings. The van der Waals surface area contributed by atoms with E-state index in [4.69, 9.17) is 17.3 Å². The van der Waals surface area contributed by atoms with Crippen LogP contribution in [0.1, 0.15) is 34.0 Å². The molecule has 3 heteroatoms. The summed E-state index contributed by atoms with van der Waals surface area (Å²) in [5, 5.41) is 0.614. The summed E-state index contributed by atoms with van der Waals surface area (Å²) >= 11 is 6.15. The average molecular weight is 261 g/mol. The van der Waals surface area contributed by atoms with Crippen molar-refractivity contribution in [2.75, 3.05) is 0 Å². The molecule has 2 aromatic rings. The van der Waals surface area contributed by atoms with Gasteiger partial charge in [-0.15, -0.1) is 0 Å². The molecule has 0 spiro atoms. The zero-order valence-corrected chi connectivity index (χ0v) is 11.6. The lowest BCUT2D eigenvalue weighted by Crippen LogP contribution is -2.15. The van der Waals surface area contributed by atoms with Gasteiger partial charge in [-0.05, 0) is 55.2 Å². The summed E-state index contributed by atoms with van der Waals surface area (Å²) in [5.41, 5.74) is 11.8. The lowest BCUT2D eigenvalue weighted by molar-refractivity contribution is 0.819. The van der Waals surface area contributed by atoms with E-state index < -0.39 is 0 Å². The summed E-state index contributed by atoms with van der Waals surface area (Å²) in [4.78, 5) is 4.29. The molecule has 0 saturated carbocycles. The van der Waals surface area contributed by atoms with Gasteiger partial charge >= 0.3 is 0 Å². The second-order valence-electron chi connectivity index (χ2n) is 4.64. The molecule has 1 unspecified atom stereocenters. The zero-order chi connectivity index (χ0) is 13.3. The van der Waals surface area contributed by atoms with Crippen LogP contribution in [-0.4, -0.2) is 4.98 Å². The number of pyridine rings is 1. The van der Waals surface area contributed by atoms with Crippen LogP contribution in [0.5, 0.6) is 0 Å². The second kappa shape index (κ2) is 5.09. The van der Waals surface area contributed by atoms with Gasteiger partial charge in [-0.3, -0.25) is 4.98 Å². The summed E-state index contributed by atoms with van der Waals surface area (Å²) in [6, 6.07) is 7.63. The molecule has 0 amide bonds. The van der Waals surface area contributed by atoms with Gasteiger partial charge in [-0.2, -0.15) is 0 Å². The van der Waals surface area contributed by atoms with Crippen LogP contribution in [-0.2, 0) is 0 Å². The minimum atomic E-state index is -0.280. The van der Waals surface area contributed by atoms with Gasteiger partial charge in [0, 0.05) is 6.20 Å². The quantitative estimate of drug-likeness (QED) is 0.894. The van der Waals surface area contributed by atoms with Crippen LogP contribution in [0, 0.1) is 20.8 Å². The highest BCUT2D eigenvalue weighted by Crippen LogP contribution is 2.28. The summed E-state index contributed by atoms with van der Waals surface area (Å²) in [7, 11) is 0. The third kappa shape index (κ3) is 2.40. The van der Waals surface area contributed by atoms with Crippen molar-refractivity contribution in [2.24, 2.45) is 5.73 Å². The van der Waals surface area contributed by atoms with Crippen LogP contribution < -0.4 is 5.73 Å². The molecule has 94 valence electrons. The van der Waals surface area contributed by atoms with Crippen molar-refractivity contribution in [1.29, 1.82) is 0 Å². The topological polar surface area (TPSA) is 38.9 Å². The minimum Gasteiger partial charge on any atom is -0.319 e. The van der Waals surface area contributed by atoms with E-state index in [-0.39, 0.29) is 6.04 Å². The molecule has 0 aliphatic carbocycles. The van der Waals surface area contributed by atoms with Crippen LogP contribution in [0.3, 0.4) is 0 Å². The molecular formula is C15H17ClN2. The third-order valence-corrected chi connectivity index (χ3v) is 3.62. The summed E-state index contributed by atoms with van der Waals surface area (Å²) in [6.45, 7) is 6.26. The Bertz CT molecular complexity index is 579. The van der Waals surface area contributed by atoms with Gasteiger partial charge in [0.15, 0.2) is 0 Å². The number of aryl methyl sites for hydroxylation is 3. The van der Waals surface area contributed by atoms with Gasteiger partial charge < -0.3 is 5.73 Å². The van der Waals surface area contributed by atoms with Crippen molar-refractivity contribution in [3.63, 3.8) is 0 Å². The molecule has 1 atom stereocenters. The Labute approximate surface area is 113 Å². The fourth-order valence-electron chi connectivity index (χ4n) is 2.09. The van der Waals surface area contributed by atoms with Crippen molar-refractivity contribution in [1.82, 2.24) is 4.98 Å². The summed E-state index contributed by atoms with van der Waals surface area (Å²) in [6.07, 6.45) is 1.72. The van der Waals surface area contributed by atoms with Crippen molar-refractivity contribution in [2.45, 2.75) is 26.8 Å². The summed E-state index contributed by atoms with van der Waals surface area (Å²) < 4.78 is 0. The first kappa shape index (κ1) is 13.1. The second-order valence-corrected chi connectivity index (χ2v) is 5.05. The fraction of sp³-hybridized carbons (Fsp3) is 0.267. The number of rotatable bonds is 2. The molecule has 0 saturated heterocycles. The van der Waals surface area contributed by atoms with Crippen molar-refractivity contribution >= 4 is 11.6 Å². The Morgan fingerprint density at radius 1 is 1.11 bits per heavy atom. The molecule has 1 aromatic heterocycles. The Morgan fingerprint density at radius 3 is 2.44 bits per heavy atom. The first-order valence-electron chi connectivity index (χ1n) is 5.94. The molecular weight excluding hydrogens is 244 g/mol. The molecule has 1 heterocycles. The van der Waals surface area contributed by atoms with E-state index in [1.54, 1.807) is 6.20 Å². The number of hydrogen-bond acceptors (Lipinski definition) is 2. The lowest BCUT2D eigenvalue weighted by Gasteiger charge is -2.17. The number of halogens is 1. The van der Waals surface area contributed by atoms with E-state index in [0.717, 1.165) is 11.3 Å². The smallest absolute Gasteiger partial charge is 0.0802 e. The Hall–Kier alpha value is -1.38. The molecule has 0 bridgehead atoms. The molecule has 18 heavy (non-hydrogen) atoms. The van der Waals surface area contributed by atoms with Gasteiger partial charge in [0.2, 0.25) is 0 Å². The van der Waals surface area contributed by atoms with Crippen molar-refractivity contribution in [3.8, 4) is 0 Å². The Balaban J connectivity index is 2.50. The maximum absolute atomic E-state index is 6.29. The van der Waals surface area contributed by atoms with E-state index >= 15 is 0 Å². The van der Waals surface area contributed by atoms with Gasteiger partial charge in [-0.1, -0.05) is 23.7 Å². The molecule has 2 N–H and O–H groups in total. The SMILES string of the molecule is Cc1cc(C)c(C(N)c2ncccc2Cl)cc1C. The number of aromatic nitrogens is 1. The molecule has 0 aliphatic rings. The van der Waals surface area contributed by atoms with E-state index in [2.05, 4.69) is 37.9 Å². The number of nitrogens with two attached hydrogens (primary N) is 1. The summed E-state index contributed by atoms with van der Waals surface area (Å²) in [5.74, 6) is 0. The number of benzene rings is 1. The van der Waals surface area contributed by atoms with Gasteiger partial charge in [0.05, 0.1) is 16.8 Å². The zero-order valence-electron chi connectivity index (χ0n) is 10.9. The molecule has 0 radical (unpaired) electrons. The Kier molecular flexibility index (Phi) is 3.69. The van der Waals surface area contributed by atoms with Crippen LogP contribution in [0.25, 0.3) is 0 Å². The van der Waals surface area contributed by atoms with E-state index in [1.165, 1.54) is 16.7 Å². The highest BCUT2D eigenvalue weighted by Gasteiger charge is 2.16. The maximum Gasteiger partial charge on any atom is 0.0802 e. The maximum atomic E-state index is 6.29. The minimum absolute atomic E-state index is 0.280. The van der Waals surface area contributed by atoms with E-state index in [0.29, 0.717) is 5.02 Å². The largest absolute Gasteiger partial charge is 0.319 e. The average Bonchev–Trinajstić information content (AvgIpc) is 2.33. The highest BCUT2D eigenvalue weighted by molar-refractivity contribution is 6.31. The van der Waals surface area contributed by atoms with Gasteiger partial charge in [0.25, 0.3) is 0 Å². The van der Waals surface area contributed by atoms with Gasteiger partial charge in [-0.25, -0.2) is 0 Å². The van der Waals surface area contributed by atoms with Crippen LogP contribution in [0.2, 0.25) is 5.02 Å². The van der Waals surface area contributed by atoms with Gasteiger partial charge in [0.1, 0.15) is 0 Å². The normalized spacial score (nSPS) is 12.5. The van der Waals surface area contributed by atoms with Crippen molar-refractivity contribution < 1.29 is 0 Å². The van der Waals surface area contributed by atoms with E-state index in [9.17, 15) is 0 Å². The molecule has 2 rings (SSSR count). The first-order valence-corrected chi connectivity index (χ1v) is 6.32. The van der Waals surface area contributed by atoms with Crippen LogP contribution >= 0.6 is 11.6 Å². The molecule has 0 aliphatic heterocycles. The highest BCUT2D eigenvalue weighted by atomic mass is 35.5. The predicted molar refractivity (Wildman–Crippen MR) is 75.9 cm³/mol. The fourth-order valence-corrected chi connectivity index (χ4v) is 2.33.